The summed E-state index contributed by atoms with van der Waals surface area (Å²) in [7, 11) is 0.195. The highest BCUT2D eigenvalue weighted by Crippen LogP contribution is 2.52. The molecule has 2 spiro atoms. The van der Waals surface area contributed by atoms with Crippen molar-refractivity contribution in [3.8, 4) is 0 Å². The van der Waals surface area contributed by atoms with Gasteiger partial charge in [-0.1, -0.05) is 141 Å². The van der Waals surface area contributed by atoms with Crippen molar-refractivity contribution in [2.24, 2.45) is 29.6 Å². The van der Waals surface area contributed by atoms with Crippen LogP contribution in [0, 0.1) is 29.6 Å². The number of allylic oxidation sites excluding steroid dienone is 2. The fourth-order valence-corrected chi connectivity index (χ4v) is 20.4. The lowest BCUT2D eigenvalue weighted by atomic mass is 9.78. The van der Waals surface area contributed by atoms with Crippen LogP contribution in [-0.4, -0.2) is 140 Å². The third kappa shape index (κ3) is 15.1. The summed E-state index contributed by atoms with van der Waals surface area (Å²) in [5.41, 5.74) is 2.11. The molecule has 0 aromatic heterocycles. The molecule has 4 aliphatic heterocycles. The SMILES string of the molecule is CCOC(=O)[C@@H]1OC(C)(C)O[C@]12O[C@H]([C@H](C[C@@H](C)C/C(C)=C/[C@H]1C[C@@H](O[Si](C)(C)C(C)(C)C)CO[C@@]13C[C@@H]([C@@H](C)[C@H](O)/C(C)=C/[C@@H]1CC[C@@H](O[Si](c4ccccc4)(c4ccccc4)C(C)(C)C)[C@H](OC)C1)OC(C)(C)O3)OC)[C@@H](OC)C[C@H]2C. The molecule has 5 aliphatic rings. The van der Waals surface area contributed by atoms with E-state index < -0.39 is 76.3 Å². The minimum Gasteiger partial charge on any atom is -0.464 e. The highest BCUT2D eigenvalue weighted by atomic mass is 28.4. The molecule has 2 aromatic rings. The van der Waals surface area contributed by atoms with Gasteiger partial charge >= 0.3 is 5.97 Å². The summed E-state index contributed by atoms with van der Waals surface area (Å²) >= 11 is 0. The number of benzene rings is 2. The summed E-state index contributed by atoms with van der Waals surface area (Å²) in [5, 5.41) is 14.8. The van der Waals surface area contributed by atoms with Crippen LogP contribution >= 0.6 is 0 Å². The van der Waals surface area contributed by atoms with E-state index in [9.17, 15) is 9.90 Å². The van der Waals surface area contributed by atoms with E-state index in [1.54, 1.807) is 35.0 Å². The molecule has 1 aliphatic carbocycles. The summed E-state index contributed by atoms with van der Waals surface area (Å²) in [6.07, 6.45) is 6.35. The number of hydrogen-bond acceptors (Lipinski definition) is 14. The van der Waals surface area contributed by atoms with Gasteiger partial charge in [-0.15, -0.1) is 0 Å². The van der Waals surface area contributed by atoms with Crippen LogP contribution in [0.4, 0.5) is 0 Å². The van der Waals surface area contributed by atoms with E-state index in [0.717, 1.165) is 31.3 Å². The van der Waals surface area contributed by atoms with E-state index >= 15 is 0 Å². The zero-order valence-corrected chi connectivity index (χ0v) is 57.3. The normalized spacial score (nSPS) is 33.2. The summed E-state index contributed by atoms with van der Waals surface area (Å²) < 4.78 is 79.9. The molecule has 5 fully saturated rings. The van der Waals surface area contributed by atoms with Crippen LogP contribution in [-0.2, 0) is 61.0 Å². The molecule has 474 valence electrons. The maximum atomic E-state index is 13.5. The van der Waals surface area contributed by atoms with Crippen LogP contribution < -0.4 is 10.4 Å². The summed E-state index contributed by atoms with van der Waals surface area (Å²) in [4.78, 5) is 13.5. The number of carbonyl (C=O) groups excluding carboxylic acids is 1. The summed E-state index contributed by atoms with van der Waals surface area (Å²) in [5.74, 6) is -5.50. The second kappa shape index (κ2) is 27.2. The first-order valence-corrected chi connectivity index (χ1v) is 36.3. The van der Waals surface area contributed by atoms with Gasteiger partial charge in [-0.3, -0.25) is 0 Å². The van der Waals surface area contributed by atoms with Crippen LogP contribution in [0.3, 0.4) is 0 Å². The number of aliphatic hydroxyl groups excluding tert-OH is 1. The van der Waals surface area contributed by atoms with Crippen LogP contribution in [0.5, 0.6) is 0 Å². The molecule has 2 aromatic carbocycles. The van der Waals surface area contributed by atoms with Crippen LogP contribution in [0.1, 0.15) is 162 Å². The average Bonchev–Trinajstić information content (AvgIpc) is 1.64. The molecule has 4 saturated heterocycles. The lowest BCUT2D eigenvalue weighted by molar-refractivity contribution is -0.427. The molecule has 1 N–H and O–H groups in total. The van der Waals surface area contributed by atoms with E-state index in [1.165, 1.54) is 15.9 Å². The summed E-state index contributed by atoms with van der Waals surface area (Å²) in [6, 6.07) is 21.7. The van der Waals surface area contributed by atoms with Crippen molar-refractivity contribution >= 4 is 33.0 Å². The number of esters is 1. The Kier molecular flexibility index (Phi) is 22.3. The Bertz CT molecular complexity index is 2470. The highest BCUT2D eigenvalue weighted by molar-refractivity contribution is 6.99. The van der Waals surface area contributed by atoms with Crippen molar-refractivity contribution < 1.29 is 66.1 Å². The Hall–Kier alpha value is -2.66. The van der Waals surface area contributed by atoms with Crippen molar-refractivity contribution in [1.29, 1.82) is 0 Å². The maximum absolute atomic E-state index is 13.5. The van der Waals surface area contributed by atoms with Gasteiger partial charge in [0.05, 0.1) is 55.9 Å². The van der Waals surface area contributed by atoms with Gasteiger partial charge in [0.1, 0.15) is 6.10 Å². The minimum absolute atomic E-state index is 0.00630. The molecule has 16 atom stereocenters. The van der Waals surface area contributed by atoms with Gasteiger partial charge in [-0.05, 0) is 144 Å². The van der Waals surface area contributed by atoms with Gasteiger partial charge in [0.15, 0.2) is 25.7 Å². The molecule has 0 unspecified atom stereocenters. The maximum Gasteiger partial charge on any atom is 0.341 e. The van der Waals surface area contributed by atoms with E-state index in [1.807, 2.05) is 27.9 Å². The van der Waals surface area contributed by atoms with Crippen molar-refractivity contribution in [3.63, 3.8) is 0 Å². The zero-order valence-electron chi connectivity index (χ0n) is 55.3. The minimum atomic E-state index is -2.82. The number of carbonyl (C=O) groups is 1. The molecule has 14 nitrogen and oxygen atoms in total. The van der Waals surface area contributed by atoms with Crippen molar-refractivity contribution in [2.45, 2.75) is 263 Å². The van der Waals surface area contributed by atoms with Crippen molar-refractivity contribution in [2.75, 3.05) is 34.5 Å². The number of methoxy groups -OCH3 is 3. The average molecular weight is 1210 g/mol. The largest absolute Gasteiger partial charge is 0.464 e. The van der Waals surface area contributed by atoms with Crippen LogP contribution in [0.15, 0.2) is 84.0 Å². The van der Waals surface area contributed by atoms with Crippen molar-refractivity contribution in [3.05, 3.63) is 84.0 Å². The monoisotopic (exact) mass is 1210 g/mol. The zero-order chi connectivity index (χ0) is 62.0. The Balaban J connectivity index is 1.10. The van der Waals surface area contributed by atoms with Gasteiger partial charge in [0.25, 0.3) is 8.32 Å². The molecule has 7 rings (SSSR count). The quantitative estimate of drug-likeness (QED) is 0.0718. The predicted molar refractivity (Wildman–Crippen MR) is 335 cm³/mol. The van der Waals surface area contributed by atoms with E-state index in [0.29, 0.717) is 32.3 Å². The molecule has 0 amide bonds. The number of ether oxygens (including phenoxy) is 10. The van der Waals surface area contributed by atoms with E-state index in [2.05, 4.69) is 155 Å². The fraction of sp³-hybridized carbons (Fsp3) is 0.750. The second-order valence-corrected chi connectivity index (χ2v) is 38.0. The van der Waals surface area contributed by atoms with Gasteiger partial charge in [0.2, 0.25) is 11.9 Å². The second-order valence-electron chi connectivity index (χ2n) is 29.0. The molecule has 16 heteroatoms. The Morgan fingerprint density at radius 1 is 0.774 bits per heavy atom. The van der Waals surface area contributed by atoms with Crippen molar-refractivity contribution in [1.82, 2.24) is 0 Å². The predicted octanol–water partition coefficient (Wildman–Crippen LogP) is 12.6. The first-order chi connectivity index (χ1) is 39.2. The van der Waals surface area contributed by atoms with Gasteiger partial charge in [-0.2, -0.15) is 0 Å². The third-order valence-electron chi connectivity index (χ3n) is 19.5. The number of rotatable bonds is 21. The lowest BCUT2D eigenvalue weighted by Crippen LogP contribution is -2.68. The topological polar surface area (TPSA) is 148 Å². The first-order valence-electron chi connectivity index (χ1n) is 31.5. The van der Waals surface area contributed by atoms with E-state index in [-0.39, 0.29) is 70.7 Å². The standard InChI is InChI=1S/C68H110O14Si2/c1-22-74-62(70)61-68(82-66(15,16)78-61)47(5)39-57(73-19)60(77-68)56(72-18)37-45(3)35-44(2)36-50-41-51(79-83(20,21)63(7,8)9)43-75-67(50)42-58(76-65(13,14)81-67)48(6)59(69)46(4)38-49-33-34-54(55(40-49)71-17)80-84(64(10,11)12,52-29-25-23-26-30-52)53-31-27-24-28-32-53/h23-32,36,38,45,47-51,54-61,69H,22,33-35,37,39-43H2,1-21H3/b44-36+,46-38+/t45-,47+,48+,49-,50-,51+,54+,55+,56-,57-,58-,59+,60+,61-,67+,68-/m0/s1. The summed E-state index contributed by atoms with van der Waals surface area (Å²) in [6.45, 7) is 38.9. The molecular formula is C68H110O14Si2. The number of hydrogen-bond donors (Lipinski definition) is 1. The molecule has 84 heavy (non-hydrogen) atoms. The molecule has 0 bridgehead atoms. The third-order valence-corrected chi connectivity index (χ3v) is 29.1. The van der Waals surface area contributed by atoms with E-state index in [4.69, 9.17) is 56.2 Å². The molecular weight excluding hydrogens is 1100 g/mol. The lowest BCUT2D eigenvalue weighted by Gasteiger charge is -2.55. The van der Waals surface area contributed by atoms with Gasteiger partial charge in [-0.25, -0.2) is 4.79 Å². The van der Waals surface area contributed by atoms with Crippen LogP contribution in [0.25, 0.3) is 0 Å². The molecule has 0 radical (unpaired) electrons. The first kappa shape index (κ1) is 68.8. The Morgan fingerprint density at radius 3 is 1.94 bits per heavy atom. The smallest absolute Gasteiger partial charge is 0.341 e. The highest BCUT2D eigenvalue weighted by Gasteiger charge is 2.66. The van der Waals surface area contributed by atoms with Gasteiger partial charge < -0.3 is 61.3 Å². The Morgan fingerprint density at radius 2 is 1.38 bits per heavy atom. The fourth-order valence-electron chi connectivity index (χ4n) is 14.3. The van der Waals surface area contributed by atoms with Gasteiger partial charge in [0, 0.05) is 45.5 Å². The number of aliphatic hydroxyl groups is 1. The van der Waals surface area contributed by atoms with Crippen LogP contribution in [0.2, 0.25) is 23.2 Å². The molecule has 4 heterocycles. The molecule has 1 saturated carbocycles. The Labute approximate surface area is 508 Å².